The van der Waals surface area contributed by atoms with E-state index in [2.05, 4.69) is 11.1 Å². The van der Waals surface area contributed by atoms with E-state index in [0.717, 1.165) is 31.5 Å². The number of carbonyl (C=O) groups is 1. The highest BCUT2D eigenvalue weighted by Crippen LogP contribution is 2.41. The van der Waals surface area contributed by atoms with Crippen molar-refractivity contribution in [3.8, 4) is 0 Å². The maximum atomic E-state index is 12.8. The highest BCUT2D eigenvalue weighted by Gasteiger charge is 2.34. The third-order valence-electron chi connectivity index (χ3n) is 4.92. The molecule has 3 fully saturated rings. The summed E-state index contributed by atoms with van der Waals surface area (Å²) in [6.07, 6.45) is 5.93. The fourth-order valence-electron chi connectivity index (χ4n) is 3.49. The van der Waals surface area contributed by atoms with E-state index in [1.165, 1.54) is 12.8 Å². The lowest BCUT2D eigenvalue weighted by molar-refractivity contribution is -0.0956. The monoisotopic (exact) mass is 302 g/mol. The number of hydrogen-bond acceptors (Lipinski definition) is 4. The standard InChI is InChI=1S/C17H22N2O3/c20-16(15-14(12-3-4-12)2-1-7-18-15)19-8-5-13(6-9-19)17-21-10-11-22-17/h1-2,7,12-13,17H,3-6,8-11H2. The zero-order valence-electron chi connectivity index (χ0n) is 12.7. The summed E-state index contributed by atoms with van der Waals surface area (Å²) >= 11 is 0. The van der Waals surface area contributed by atoms with Gasteiger partial charge in [-0.25, -0.2) is 0 Å². The second-order valence-corrected chi connectivity index (χ2v) is 6.46. The van der Waals surface area contributed by atoms with Crippen molar-refractivity contribution in [3.05, 3.63) is 29.6 Å². The molecule has 0 bridgehead atoms. The fraction of sp³-hybridized carbons (Fsp3) is 0.647. The summed E-state index contributed by atoms with van der Waals surface area (Å²) in [5.74, 6) is 1.05. The Hall–Kier alpha value is -1.46. The molecule has 1 aromatic rings. The van der Waals surface area contributed by atoms with Crippen molar-refractivity contribution in [2.45, 2.75) is 37.9 Å². The molecular weight excluding hydrogens is 280 g/mol. The lowest BCUT2D eigenvalue weighted by atomic mass is 9.95. The molecule has 2 saturated heterocycles. The van der Waals surface area contributed by atoms with Crippen molar-refractivity contribution >= 4 is 5.91 Å². The highest BCUT2D eigenvalue weighted by atomic mass is 16.7. The molecule has 3 aliphatic rings. The predicted octanol–water partition coefficient (Wildman–Crippen LogP) is 2.18. The topological polar surface area (TPSA) is 51.7 Å². The molecule has 22 heavy (non-hydrogen) atoms. The number of piperidine rings is 1. The Morgan fingerprint density at radius 2 is 1.86 bits per heavy atom. The fourth-order valence-corrected chi connectivity index (χ4v) is 3.49. The van der Waals surface area contributed by atoms with Crippen molar-refractivity contribution in [3.63, 3.8) is 0 Å². The second-order valence-electron chi connectivity index (χ2n) is 6.46. The van der Waals surface area contributed by atoms with E-state index in [0.29, 0.717) is 30.7 Å². The first-order valence-corrected chi connectivity index (χ1v) is 8.30. The molecule has 1 amide bonds. The Bertz CT molecular complexity index is 545. The number of ether oxygens (including phenoxy) is 2. The van der Waals surface area contributed by atoms with Crippen LogP contribution in [0.5, 0.6) is 0 Å². The summed E-state index contributed by atoms with van der Waals surface area (Å²) in [5.41, 5.74) is 1.80. The van der Waals surface area contributed by atoms with E-state index >= 15 is 0 Å². The lowest BCUT2D eigenvalue weighted by Crippen LogP contribution is -2.42. The third kappa shape index (κ3) is 2.75. The van der Waals surface area contributed by atoms with Crippen LogP contribution in [0, 0.1) is 5.92 Å². The van der Waals surface area contributed by atoms with E-state index in [1.807, 2.05) is 11.0 Å². The normalized spacial score (nSPS) is 23.9. The zero-order valence-corrected chi connectivity index (χ0v) is 12.7. The van der Waals surface area contributed by atoms with Crippen LogP contribution in [0.3, 0.4) is 0 Å². The molecular formula is C17H22N2O3. The van der Waals surface area contributed by atoms with Gasteiger partial charge in [0, 0.05) is 25.2 Å². The molecule has 0 N–H and O–H groups in total. The predicted molar refractivity (Wildman–Crippen MR) is 80.5 cm³/mol. The van der Waals surface area contributed by atoms with Crippen LogP contribution in [-0.2, 0) is 9.47 Å². The molecule has 0 aromatic carbocycles. The van der Waals surface area contributed by atoms with Crippen molar-refractivity contribution in [1.29, 1.82) is 0 Å². The number of pyridine rings is 1. The van der Waals surface area contributed by atoms with E-state index in [-0.39, 0.29) is 12.2 Å². The van der Waals surface area contributed by atoms with Gasteiger partial charge in [0.05, 0.1) is 13.2 Å². The summed E-state index contributed by atoms with van der Waals surface area (Å²) < 4.78 is 11.2. The van der Waals surface area contributed by atoms with Gasteiger partial charge in [-0.15, -0.1) is 0 Å². The van der Waals surface area contributed by atoms with Crippen molar-refractivity contribution in [2.75, 3.05) is 26.3 Å². The Labute approximate surface area is 130 Å². The van der Waals surface area contributed by atoms with E-state index < -0.39 is 0 Å². The molecule has 5 heteroatoms. The first-order valence-electron chi connectivity index (χ1n) is 8.30. The minimum absolute atomic E-state index is 0.0610. The average Bonchev–Trinajstić information content (AvgIpc) is 3.28. The van der Waals surface area contributed by atoms with Gasteiger partial charge in [-0.05, 0) is 43.2 Å². The van der Waals surface area contributed by atoms with Crippen LogP contribution in [0.25, 0.3) is 0 Å². The summed E-state index contributed by atoms with van der Waals surface area (Å²) in [6, 6.07) is 4.00. The molecule has 5 nitrogen and oxygen atoms in total. The number of nitrogens with zero attached hydrogens (tertiary/aromatic N) is 2. The SMILES string of the molecule is O=C(c1ncccc1C1CC1)N1CCC(C2OCCO2)CC1. The first-order chi connectivity index (χ1) is 10.8. The van der Waals surface area contributed by atoms with Gasteiger partial charge in [0.2, 0.25) is 0 Å². The number of amides is 1. The first kappa shape index (κ1) is 14.2. The summed E-state index contributed by atoms with van der Waals surface area (Å²) in [4.78, 5) is 19.1. The van der Waals surface area contributed by atoms with Crippen LogP contribution >= 0.6 is 0 Å². The van der Waals surface area contributed by atoms with Crippen molar-refractivity contribution in [2.24, 2.45) is 5.92 Å². The minimum Gasteiger partial charge on any atom is -0.350 e. The van der Waals surface area contributed by atoms with Gasteiger partial charge in [-0.3, -0.25) is 9.78 Å². The summed E-state index contributed by atoms with van der Waals surface area (Å²) in [5, 5.41) is 0. The molecule has 0 unspecified atom stereocenters. The molecule has 118 valence electrons. The van der Waals surface area contributed by atoms with Gasteiger partial charge in [0.1, 0.15) is 5.69 Å². The molecule has 1 aromatic heterocycles. The maximum Gasteiger partial charge on any atom is 0.272 e. The number of likely N-dealkylation sites (tertiary alicyclic amines) is 1. The largest absolute Gasteiger partial charge is 0.350 e. The van der Waals surface area contributed by atoms with E-state index in [1.54, 1.807) is 6.20 Å². The van der Waals surface area contributed by atoms with Gasteiger partial charge in [0.15, 0.2) is 6.29 Å². The smallest absolute Gasteiger partial charge is 0.272 e. The molecule has 1 aliphatic carbocycles. The zero-order chi connectivity index (χ0) is 14.9. The van der Waals surface area contributed by atoms with E-state index in [9.17, 15) is 4.79 Å². The third-order valence-corrected chi connectivity index (χ3v) is 4.92. The number of hydrogen-bond donors (Lipinski definition) is 0. The number of aromatic nitrogens is 1. The van der Waals surface area contributed by atoms with Crippen LogP contribution in [0.15, 0.2) is 18.3 Å². The molecule has 0 atom stereocenters. The number of carbonyl (C=O) groups excluding carboxylic acids is 1. The van der Waals surface area contributed by atoms with Crippen LogP contribution in [0.1, 0.15) is 47.7 Å². The average molecular weight is 302 g/mol. The molecule has 2 aliphatic heterocycles. The second kappa shape index (κ2) is 5.97. The minimum atomic E-state index is -0.0610. The van der Waals surface area contributed by atoms with Gasteiger partial charge in [0.25, 0.3) is 5.91 Å². The Morgan fingerprint density at radius 1 is 1.14 bits per heavy atom. The molecule has 0 radical (unpaired) electrons. The van der Waals surface area contributed by atoms with Gasteiger partial charge >= 0.3 is 0 Å². The Kier molecular flexibility index (Phi) is 3.84. The summed E-state index contributed by atoms with van der Waals surface area (Å²) in [7, 11) is 0. The Balaban J connectivity index is 1.42. The van der Waals surface area contributed by atoms with Gasteiger partial charge in [-0.1, -0.05) is 6.07 Å². The van der Waals surface area contributed by atoms with Crippen molar-refractivity contribution in [1.82, 2.24) is 9.88 Å². The van der Waals surface area contributed by atoms with Gasteiger partial charge < -0.3 is 14.4 Å². The molecule has 1 saturated carbocycles. The van der Waals surface area contributed by atoms with Gasteiger partial charge in [-0.2, -0.15) is 0 Å². The Morgan fingerprint density at radius 3 is 2.55 bits per heavy atom. The quantitative estimate of drug-likeness (QED) is 0.859. The van der Waals surface area contributed by atoms with Crippen molar-refractivity contribution < 1.29 is 14.3 Å². The van der Waals surface area contributed by atoms with Crippen LogP contribution in [0.2, 0.25) is 0 Å². The maximum absolute atomic E-state index is 12.8. The molecule has 3 heterocycles. The van der Waals surface area contributed by atoms with Crippen LogP contribution in [-0.4, -0.2) is 48.4 Å². The molecule has 0 spiro atoms. The molecule has 4 rings (SSSR count). The van der Waals surface area contributed by atoms with Crippen LogP contribution < -0.4 is 0 Å². The summed E-state index contributed by atoms with van der Waals surface area (Å²) in [6.45, 7) is 2.94. The number of rotatable bonds is 3. The lowest BCUT2D eigenvalue weighted by Gasteiger charge is -2.34. The highest BCUT2D eigenvalue weighted by molar-refractivity contribution is 5.94. The van der Waals surface area contributed by atoms with E-state index in [4.69, 9.17) is 9.47 Å². The van der Waals surface area contributed by atoms with Crippen LogP contribution in [0.4, 0.5) is 0 Å².